The number of hydrogen-bond acceptors (Lipinski definition) is 3. The van der Waals surface area contributed by atoms with Gasteiger partial charge < -0.3 is 10.5 Å². The van der Waals surface area contributed by atoms with E-state index in [1.807, 2.05) is 6.07 Å². The summed E-state index contributed by atoms with van der Waals surface area (Å²) in [5, 5.41) is 8.65. The van der Waals surface area contributed by atoms with Crippen LogP contribution in [0.3, 0.4) is 0 Å². The van der Waals surface area contributed by atoms with E-state index in [9.17, 15) is 0 Å². The minimum absolute atomic E-state index is 0.515. The summed E-state index contributed by atoms with van der Waals surface area (Å²) in [6.45, 7) is 0. The van der Waals surface area contributed by atoms with E-state index < -0.39 is 0 Å². The van der Waals surface area contributed by atoms with Gasteiger partial charge in [0.05, 0.1) is 18.4 Å². The summed E-state index contributed by atoms with van der Waals surface area (Å²) in [4.78, 5) is 0. The quantitative estimate of drug-likeness (QED) is 0.745. The summed E-state index contributed by atoms with van der Waals surface area (Å²) < 4.78 is 5.63. The third-order valence-corrected chi connectivity index (χ3v) is 2.10. The summed E-state index contributed by atoms with van der Waals surface area (Å²) in [7, 11) is 1.51. The van der Waals surface area contributed by atoms with Gasteiger partial charge in [0.25, 0.3) is 0 Å². The van der Waals surface area contributed by atoms with Gasteiger partial charge in [0.2, 0.25) is 0 Å². The highest BCUT2D eigenvalue weighted by atomic mass is 79.9. The van der Waals surface area contributed by atoms with Crippen LogP contribution in [-0.4, -0.2) is 7.11 Å². The number of methoxy groups -OCH3 is 1. The van der Waals surface area contributed by atoms with Crippen molar-refractivity contribution in [1.29, 1.82) is 5.26 Å². The summed E-state index contributed by atoms with van der Waals surface area (Å²) in [5.41, 5.74) is 6.62. The molecule has 0 saturated carbocycles. The lowest BCUT2D eigenvalue weighted by Crippen LogP contribution is -1.93. The maximum absolute atomic E-state index is 8.65. The maximum Gasteiger partial charge on any atom is 0.143 e. The summed E-state index contributed by atoms with van der Waals surface area (Å²) in [6.07, 6.45) is 0. The van der Waals surface area contributed by atoms with Crippen LogP contribution in [0.4, 0.5) is 5.69 Å². The van der Waals surface area contributed by atoms with Crippen molar-refractivity contribution < 1.29 is 4.74 Å². The van der Waals surface area contributed by atoms with E-state index in [0.717, 1.165) is 0 Å². The Bertz CT molecular complexity index is 344. The molecular weight excluding hydrogens is 220 g/mol. The van der Waals surface area contributed by atoms with Crippen molar-refractivity contribution in [2.24, 2.45) is 0 Å². The minimum Gasteiger partial charge on any atom is -0.495 e. The Kier molecular flexibility index (Phi) is 2.56. The first kappa shape index (κ1) is 8.88. The molecule has 0 bridgehead atoms. The molecule has 0 fully saturated rings. The number of benzene rings is 1. The molecule has 0 atom stereocenters. The first-order valence-electron chi connectivity index (χ1n) is 3.22. The highest BCUT2D eigenvalue weighted by molar-refractivity contribution is 9.10. The van der Waals surface area contributed by atoms with Crippen LogP contribution in [0.2, 0.25) is 0 Å². The van der Waals surface area contributed by atoms with Crippen LogP contribution in [0.15, 0.2) is 16.6 Å². The lowest BCUT2D eigenvalue weighted by atomic mass is 10.2. The molecule has 12 heavy (non-hydrogen) atoms. The van der Waals surface area contributed by atoms with Gasteiger partial charge in [0, 0.05) is 10.5 Å². The Morgan fingerprint density at radius 1 is 1.58 bits per heavy atom. The van der Waals surface area contributed by atoms with E-state index in [4.69, 9.17) is 15.7 Å². The molecule has 0 saturated heterocycles. The Morgan fingerprint density at radius 3 is 2.75 bits per heavy atom. The molecule has 1 aromatic carbocycles. The van der Waals surface area contributed by atoms with Crippen molar-refractivity contribution in [3.05, 3.63) is 22.2 Å². The van der Waals surface area contributed by atoms with E-state index in [0.29, 0.717) is 21.5 Å². The number of hydrogen-bond donors (Lipinski definition) is 1. The van der Waals surface area contributed by atoms with Crippen LogP contribution >= 0.6 is 15.9 Å². The smallest absolute Gasteiger partial charge is 0.143 e. The molecule has 4 heteroatoms. The predicted molar refractivity (Wildman–Crippen MR) is 49.8 cm³/mol. The Labute approximate surface area is 78.9 Å². The zero-order valence-electron chi connectivity index (χ0n) is 6.47. The number of nitriles is 1. The predicted octanol–water partition coefficient (Wildman–Crippen LogP) is 1.91. The van der Waals surface area contributed by atoms with Gasteiger partial charge in [-0.1, -0.05) is 0 Å². The number of ether oxygens (including phenoxy) is 1. The summed E-state index contributed by atoms with van der Waals surface area (Å²) >= 11 is 3.21. The average molecular weight is 227 g/mol. The zero-order valence-corrected chi connectivity index (χ0v) is 8.05. The van der Waals surface area contributed by atoms with Gasteiger partial charge in [-0.15, -0.1) is 0 Å². The second-order valence-corrected chi connectivity index (χ2v) is 3.04. The highest BCUT2D eigenvalue weighted by Gasteiger charge is 2.04. The molecular formula is C8H7BrN2O. The molecule has 0 heterocycles. The molecule has 62 valence electrons. The molecule has 1 rings (SSSR count). The molecule has 0 aliphatic rings. The van der Waals surface area contributed by atoms with E-state index in [2.05, 4.69) is 15.9 Å². The van der Waals surface area contributed by atoms with Crippen LogP contribution in [0, 0.1) is 11.3 Å². The topological polar surface area (TPSA) is 59.0 Å². The van der Waals surface area contributed by atoms with Crippen LogP contribution in [0.5, 0.6) is 5.75 Å². The first-order chi connectivity index (χ1) is 5.69. The third kappa shape index (κ3) is 1.51. The summed E-state index contributed by atoms with van der Waals surface area (Å²) in [6, 6.07) is 5.26. The number of nitrogen functional groups attached to an aromatic ring is 1. The van der Waals surface area contributed by atoms with Gasteiger partial charge in [0.1, 0.15) is 11.8 Å². The molecule has 0 amide bonds. The van der Waals surface area contributed by atoms with Crippen molar-refractivity contribution in [1.82, 2.24) is 0 Å². The molecule has 0 aliphatic carbocycles. The lowest BCUT2D eigenvalue weighted by molar-refractivity contribution is 0.417. The molecule has 3 nitrogen and oxygen atoms in total. The molecule has 2 N–H and O–H groups in total. The van der Waals surface area contributed by atoms with E-state index in [-0.39, 0.29) is 0 Å². The van der Waals surface area contributed by atoms with Crippen molar-refractivity contribution in [2.75, 3.05) is 12.8 Å². The number of nitrogens with two attached hydrogens (primary N) is 1. The fourth-order valence-electron chi connectivity index (χ4n) is 0.831. The number of halogens is 1. The minimum atomic E-state index is 0.515. The van der Waals surface area contributed by atoms with E-state index >= 15 is 0 Å². The summed E-state index contributed by atoms with van der Waals surface area (Å²) in [5.74, 6) is 0.523. The van der Waals surface area contributed by atoms with E-state index in [1.165, 1.54) is 7.11 Å². The fourth-order valence-corrected chi connectivity index (χ4v) is 1.28. The van der Waals surface area contributed by atoms with Crippen LogP contribution in [0.1, 0.15) is 5.56 Å². The molecule has 0 aromatic heterocycles. The maximum atomic E-state index is 8.65. The normalized spacial score (nSPS) is 9.08. The van der Waals surface area contributed by atoms with Crippen molar-refractivity contribution in [2.45, 2.75) is 0 Å². The second kappa shape index (κ2) is 3.46. The zero-order chi connectivity index (χ0) is 9.14. The van der Waals surface area contributed by atoms with Gasteiger partial charge in [-0.3, -0.25) is 0 Å². The lowest BCUT2D eigenvalue weighted by Gasteiger charge is -2.04. The van der Waals surface area contributed by atoms with Gasteiger partial charge in [-0.25, -0.2) is 0 Å². The van der Waals surface area contributed by atoms with Crippen molar-refractivity contribution in [3.63, 3.8) is 0 Å². The molecule has 0 spiro atoms. The molecule has 1 aromatic rings. The van der Waals surface area contributed by atoms with Crippen LogP contribution < -0.4 is 10.5 Å². The molecule has 0 radical (unpaired) electrons. The van der Waals surface area contributed by atoms with Gasteiger partial charge >= 0.3 is 0 Å². The molecule has 0 aliphatic heterocycles. The van der Waals surface area contributed by atoms with Gasteiger partial charge in [-0.2, -0.15) is 5.26 Å². The largest absolute Gasteiger partial charge is 0.495 e. The Morgan fingerprint density at radius 2 is 2.25 bits per heavy atom. The number of anilines is 1. The van der Waals surface area contributed by atoms with Crippen molar-refractivity contribution >= 4 is 21.6 Å². The monoisotopic (exact) mass is 226 g/mol. The fraction of sp³-hybridized carbons (Fsp3) is 0.125. The highest BCUT2D eigenvalue weighted by Crippen LogP contribution is 2.28. The Hall–Kier alpha value is -1.21. The SMILES string of the molecule is COc1cc(C#N)c(Br)cc1N. The number of rotatable bonds is 1. The number of nitrogens with zero attached hydrogens (tertiary/aromatic N) is 1. The van der Waals surface area contributed by atoms with Gasteiger partial charge in [0.15, 0.2) is 0 Å². The standard InChI is InChI=1S/C8H7BrN2O/c1-12-8-2-5(4-10)6(9)3-7(8)11/h2-3H,11H2,1H3. The average Bonchev–Trinajstić information content (AvgIpc) is 2.05. The first-order valence-corrected chi connectivity index (χ1v) is 4.01. The Balaban J connectivity index is 3.30. The van der Waals surface area contributed by atoms with Crippen LogP contribution in [0.25, 0.3) is 0 Å². The van der Waals surface area contributed by atoms with Crippen LogP contribution in [-0.2, 0) is 0 Å². The van der Waals surface area contributed by atoms with Crippen molar-refractivity contribution in [3.8, 4) is 11.8 Å². The molecule has 0 unspecified atom stereocenters. The second-order valence-electron chi connectivity index (χ2n) is 2.19. The third-order valence-electron chi connectivity index (χ3n) is 1.44. The van der Waals surface area contributed by atoms with Gasteiger partial charge in [-0.05, 0) is 22.0 Å². The van der Waals surface area contributed by atoms with E-state index in [1.54, 1.807) is 12.1 Å².